The van der Waals surface area contributed by atoms with Crippen LogP contribution in [-0.4, -0.2) is 15.9 Å². The standard InChI is InChI=1S/C18H14N2O2/c21-18(22-12-14-4-2-1-3-5-14)16-8-6-15(7-9-16)17-10-19-13-20-11-17/h1-11,13H,12H2. The second-order valence-electron chi connectivity index (χ2n) is 4.77. The highest BCUT2D eigenvalue weighted by Crippen LogP contribution is 2.18. The van der Waals surface area contributed by atoms with E-state index in [-0.39, 0.29) is 12.6 Å². The fourth-order valence-electron chi connectivity index (χ4n) is 2.05. The van der Waals surface area contributed by atoms with Crippen molar-refractivity contribution in [2.24, 2.45) is 0 Å². The van der Waals surface area contributed by atoms with Gasteiger partial charge >= 0.3 is 5.97 Å². The summed E-state index contributed by atoms with van der Waals surface area (Å²) in [5.41, 5.74) is 3.36. The number of aromatic nitrogens is 2. The summed E-state index contributed by atoms with van der Waals surface area (Å²) in [6.45, 7) is 0.272. The topological polar surface area (TPSA) is 52.1 Å². The predicted molar refractivity (Wildman–Crippen MR) is 83.0 cm³/mol. The molecular formula is C18H14N2O2. The van der Waals surface area contributed by atoms with Crippen molar-refractivity contribution in [3.05, 3.63) is 84.4 Å². The third-order valence-electron chi connectivity index (χ3n) is 3.23. The van der Waals surface area contributed by atoms with Crippen molar-refractivity contribution >= 4 is 5.97 Å². The van der Waals surface area contributed by atoms with Crippen molar-refractivity contribution in [3.63, 3.8) is 0 Å². The SMILES string of the molecule is O=C(OCc1ccccc1)c1ccc(-c2cncnc2)cc1. The van der Waals surface area contributed by atoms with E-state index in [0.717, 1.165) is 16.7 Å². The normalized spacial score (nSPS) is 10.2. The van der Waals surface area contributed by atoms with Crippen molar-refractivity contribution < 1.29 is 9.53 Å². The first kappa shape index (κ1) is 13.9. The number of carbonyl (C=O) groups is 1. The summed E-state index contributed by atoms with van der Waals surface area (Å²) in [4.78, 5) is 20.0. The van der Waals surface area contributed by atoms with Gasteiger partial charge in [0.05, 0.1) is 5.56 Å². The van der Waals surface area contributed by atoms with Gasteiger partial charge in [0.2, 0.25) is 0 Å². The van der Waals surface area contributed by atoms with Gasteiger partial charge in [-0.05, 0) is 23.3 Å². The maximum atomic E-state index is 12.0. The van der Waals surface area contributed by atoms with Gasteiger partial charge in [-0.15, -0.1) is 0 Å². The highest BCUT2D eigenvalue weighted by Gasteiger charge is 2.08. The molecule has 0 N–H and O–H groups in total. The first-order valence-corrected chi connectivity index (χ1v) is 6.89. The maximum absolute atomic E-state index is 12.0. The Balaban J connectivity index is 1.66. The fraction of sp³-hybridized carbons (Fsp3) is 0.0556. The van der Waals surface area contributed by atoms with Crippen LogP contribution in [-0.2, 0) is 11.3 Å². The van der Waals surface area contributed by atoms with Crippen LogP contribution < -0.4 is 0 Å². The average Bonchev–Trinajstić information content (AvgIpc) is 2.61. The smallest absolute Gasteiger partial charge is 0.338 e. The molecule has 0 atom stereocenters. The van der Waals surface area contributed by atoms with Crippen LogP contribution in [0.2, 0.25) is 0 Å². The molecule has 1 heterocycles. The summed E-state index contributed by atoms with van der Waals surface area (Å²) < 4.78 is 5.30. The Bertz CT molecular complexity index is 741. The van der Waals surface area contributed by atoms with Gasteiger partial charge in [-0.1, -0.05) is 42.5 Å². The molecule has 0 aliphatic carbocycles. The van der Waals surface area contributed by atoms with Crippen LogP contribution in [0.15, 0.2) is 73.3 Å². The molecule has 4 heteroatoms. The molecule has 0 aliphatic heterocycles. The molecule has 0 radical (unpaired) electrons. The van der Waals surface area contributed by atoms with Gasteiger partial charge in [-0.3, -0.25) is 0 Å². The van der Waals surface area contributed by atoms with Gasteiger partial charge in [0.25, 0.3) is 0 Å². The molecule has 2 aromatic carbocycles. The van der Waals surface area contributed by atoms with Crippen LogP contribution in [0.5, 0.6) is 0 Å². The highest BCUT2D eigenvalue weighted by atomic mass is 16.5. The Morgan fingerprint density at radius 3 is 2.23 bits per heavy atom. The number of benzene rings is 2. The van der Waals surface area contributed by atoms with Crippen molar-refractivity contribution in [2.75, 3.05) is 0 Å². The molecule has 0 bridgehead atoms. The molecule has 0 saturated heterocycles. The molecule has 0 amide bonds. The Morgan fingerprint density at radius 2 is 1.55 bits per heavy atom. The zero-order valence-corrected chi connectivity index (χ0v) is 11.8. The molecule has 108 valence electrons. The number of hydrogen-bond donors (Lipinski definition) is 0. The first-order chi connectivity index (χ1) is 10.8. The number of carbonyl (C=O) groups excluding carboxylic acids is 1. The van der Waals surface area contributed by atoms with E-state index in [0.29, 0.717) is 5.56 Å². The Morgan fingerprint density at radius 1 is 0.864 bits per heavy atom. The van der Waals surface area contributed by atoms with Crippen molar-refractivity contribution in [3.8, 4) is 11.1 Å². The molecule has 1 aromatic heterocycles. The second-order valence-corrected chi connectivity index (χ2v) is 4.77. The van der Waals surface area contributed by atoms with Crippen LogP contribution >= 0.6 is 0 Å². The van der Waals surface area contributed by atoms with Crippen LogP contribution in [0, 0.1) is 0 Å². The largest absolute Gasteiger partial charge is 0.457 e. The zero-order valence-electron chi connectivity index (χ0n) is 11.8. The summed E-state index contributed by atoms with van der Waals surface area (Å²) in [5, 5.41) is 0. The van der Waals surface area contributed by atoms with E-state index in [2.05, 4.69) is 9.97 Å². The first-order valence-electron chi connectivity index (χ1n) is 6.89. The molecule has 0 aliphatic rings. The fourth-order valence-corrected chi connectivity index (χ4v) is 2.05. The van der Waals surface area contributed by atoms with E-state index in [9.17, 15) is 4.79 Å². The van der Waals surface area contributed by atoms with E-state index in [1.807, 2.05) is 42.5 Å². The van der Waals surface area contributed by atoms with E-state index in [1.165, 1.54) is 6.33 Å². The Kier molecular flexibility index (Phi) is 4.20. The predicted octanol–water partition coefficient (Wildman–Crippen LogP) is 3.50. The lowest BCUT2D eigenvalue weighted by Gasteiger charge is -2.06. The monoisotopic (exact) mass is 290 g/mol. The maximum Gasteiger partial charge on any atom is 0.338 e. The van der Waals surface area contributed by atoms with Crippen molar-refractivity contribution in [1.82, 2.24) is 9.97 Å². The lowest BCUT2D eigenvalue weighted by molar-refractivity contribution is 0.0473. The molecule has 3 aromatic rings. The van der Waals surface area contributed by atoms with Crippen LogP contribution in [0.3, 0.4) is 0 Å². The molecule has 0 fully saturated rings. The van der Waals surface area contributed by atoms with Gasteiger partial charge in [-0.2, -0.15) is 0 Å². The van der Waals surface area contributed by atoms with Gasteiger partial charge in [0.15, 0.2) is 0 Å². The van der Waals surface area contributed by atoms with Gasteiger partial charge in [0, 0.05) is 18.0 Å². The minimum Gasteiger partial charge on any atom is -0.457 e. The van der Waals surface area contributed by atoms with E-state index >= 15 is 0 Å². The van der Waals surface area contributed by atoms with Crippen LogP contribution in [0.25, 0.3) is 11.1 Å². The van der Waals surface area contributed by atoms with E-state index in [1.54, 1.807) is 24.5 Å². The van der Waals surface area contributed by atoms with Gasteiger partial charge < -0.3 is 4.74 Å². The zero-order chi connectivity index (χ0) is 15.2. The molecule has 4 nitrogen and oxygen atoms in total. The van der Waals surface area contributed by atoms with Crippen LogP contribution in [0.1, 0.15) is 15.9 Å². The quantitative estimate of drug-likeness (QED) is 0.690. The molecule has 0 saturated carbocycles. The molecule has 22 heavy (non-hydrogen) atoms. The number of esters is 1. The number of rotatable bonds is 4. The molecule has 0 unspecified atom stereocenters. The Hall–Kier alpha value is -3.01. The van der Waals surface area contributed by atoms with Crippen molar-refractivity contribution in [2.45, 2.75) is 6.61 Å². The highest BCUT2D eigenvalue weighted by molar-refractivity contribution is 5.90. The summed E-state index contributed by atoms with van der Waals surface area (Å²) in [7, 11) is 0. The third-order valence-corrected chi connectivity index (χ3v) is 3.23. The van der Waals surface area contributed by atoms with E-state index in [4.69, 9.17) is 4.74 Å². The summed E-state index contributed by atoms with van der Waals surface area (Å²) in [6.07, 6.45) is 4.95. The Labute approximate surface area is 128 Å². The number of hydrogen-bond acceptors (Lipinski definition) is 4. The second kappa shape index (κ2) is 6.63. The lowest BCUT2D eigenvalue weighted by Crippen LogP contribution is -2.05. The summed E-state index contributed by atoms with van der Waals surface area (Å²) in [6, 6.07) is 16.8. The van der Waals surface area contributed by atoms with E-state index < -0.39 is 0 Å². The van der Waals surface area contributed by atoms with Gasteiger partial charge in [0.1, 0.15) is 12.9 Å². The van der Waals surface area contributed by atoms with Gasteiger partial charge in [-0.25, -0.2) is 14.8 Å². The summed E-state index contributed by atoms with van der Waals surface area (Å²) >= 11 is 0. The third kappa shape index (κ3) is 3.35. The minimum absolute atomic E-state index is 0.272. The minimum atomic E-state index is -0.334. The molecule has 0 spiro atoms. The van der Waals surface area contributed by atoms with Crippen molar-refractivity contribution in [1.29, 1.82) is 0 Å². The average molecular weight is 290 g/mol. The summed E-state index contributed by atoms with van der Waals surface area (Å²) in [5.74, 6) is -0.334. The molecular weight excluding hydrogens is 276 g/mol. The number of nitrogens with zero attached hydrogens (tertiary/aromatic N) is 2. The van der Waals surface area contributed by atoms with Crippen LogP contribution in [0.4, 0.5) is 0 Å². The lowest BCUT2D eigenvalue weighted by atomic mass is 10.1. The molecule has 3 rings (SSSR count). The number of ether oxygens (including phenoxy) is 1.